The topological polar surface area (TPSA) is 103 Å². The van der Waals surface area contributed by atoms with Crippen molar-refractivity contribution in [3.63, 3.8) is 0 Å². The largest absolute Gasteiger partial charge is 0.495 e. The van der Waals surface area contributed by atoms with Gasteiger partial charge in [0.1, 0.15) is 5.75 Å². The van der Waals surface area contributed by atoms with Crippen LogP contribution in [0.3, 0.4) is 0 Å². The molecular formula is C19H18ClN3O4. The third-order valence-electron chi connectivity index (χ3n) is 4.11. The van der Waals surface area contributed by atoms with E-state index < -0.39 is 6.09 Å². The van der Waals surface area contributed by atoms with E-state index in [4.69, 9.17) is 21.4 Å². The van der Waals surface area contributed by atoms with Crippen molar-refractivity contribution in [2.75, 3.05) is 17.7 Å². The molecule has 0 aliphatic heterocycles. The summed E-state index contributed by atoms with van der Waals surface area (Å²) in [5, 5.41) is 15.6. The molecule has 0 fully saturated rings. The number of carboxylic acid groups (broad SMARTS) is 1. The SMILES string of the molecule is COc1cc2[nH]c(=O)c([C@H](C)Nc3cccc(NC(=O)O)c3)cc2cc1Cl. The van der Waals surface area contributed by atoms with E-state index in [1.165, 1.54) is 7.11 Å². The zero-order valence-corrected chi connectivity index (χ0v) is 15.4. The van der Waals surface area contributed by atoms with E-state index in [1.807, 2.05) is 6.92 Å². The molecule has 27 heavy (non-hydrogen) atoms. The van der Waals surface area contributed by atoms with Gasteiger partial charge >= 0.3 is 6.09 Å². The first-order valence-electron chi connectivity index (χ1n) is 8.14. The van der Waals surface area contributed by atoms with Crippen LogP contribution >= 0.6 is 11.6 Å². The van der Waals surface area contributed by atoms with Gasteiger partial charge in [0.2, 0.25) is 0 Å². The molecule has 0 saturated heterocycles. The number of fused-ring (bicyclic) bond motifs is 1. The Labute approximate surface area is 159 Å². The number of methoxy groups -OCH3 is 1. The molecular weight excluding hydrogens is 370 g/mol. The predicted octanol–water partition coefficient (Wildman–Crippen LogP) is 4.45. The van der Waals surface area contributed by atoms with E-state index in [0.717, 1.165) is 5.39 Å². The molecule has 1 aromatic heterocycles. The second kappa shape index (κ2) is 7.59. The smallest absolute Gasteiger partial charge is 0.409 e. The zero-order valence-electron chi connectivity index (χ0n) is 14.7. The number of halogens is 1. The lowest BCUT2D eigenvalue weighted by Crippen LogP contribution is -2.19. The van der Waals surface area contributed by atoms with Gasteiger partial charge in [-0.1, -0.05) is 17.7 Å². The van der Waals surface area contributed by atoms with Gasteiger partial charge in [0.05, 0.1) is 23.7 Å². The van der Waals surface area contributed by atoms with E-state index in [2.05, 4.69) is 15.6 Å². The fourth-order valence-corrected chi connectivity index (χ4v) is 3.09. The number of ether oxygens (including phenoxy) is 1. The molecule has 0 unspecified atom stereocenters. The van der Waals surface area contributed by atoms with Gasteiger partial charge in [0.25, 0.3) is 5.56 Å². The number of aromatic amines is 1. The molecule has 140 valence electrons. The second-order valence-corrected chi connectivity index (χ2v) is 6.41. The molecule has 0 radical (unpaired) electrons. The summed E-state index contributed by atoms with van der Waals surface area (Å²) in [6.07, 6.45) is -1.14. The van der Waals surface area contributed by atoms with Gasteiger partial charge in [0, 0.05) is 28.4 Å². The fourth-order valence-electron chi connectivity index (χ4n) is 2.84. The van der Waals surface area contributed by atoms with Crippen molar-refractivity contribution in [2.24, 2.45) is 0 Å². The average Bonchev–Trinajstić information content (AvgIpc) is 2.60. The minimum Gasteiger partial charge on any atom is -0.495 e. The molecule has 0 aliphatic rings. The van der Waals surface area contributed by atoms with Crippen molar-refractivity contribution in [2.45, 2.75) is 13.0 Å². The molecule has 0 bridgehead atoms. The number of rotatable bonds is 5. The van der Waals surface area contributed by atoms with E-state index in [1.54, 1.807) is 42.5 Å². The summed E-state index contributed by atoms with van der Waals surface area (Å²) in [6.45, 7) is 1.85. The van der Waals surface area contributed by atoms with Gasteiger partial charge in [-0.2, -0.15) is 0 Å². The molecule has 1 atom stereocenters. The number of hydrogen-bond acceptors (Lipinski definition) is 4. The Balaban J connectivity index is 1.91. The average molecular weight is 388 g/mol. The molecule has 0 saturated carbocycles. The van der Waals surface area contributed by atoms with Crippen LogP contribution in [0.25, 0.3) is 10.9 Å². The molecule has 1 heterocycles. The lowest BCUT2D eigenvalue weighted by molar-refractivity contribution is 0.210. The highest BCUT2D eigenvalue weighted by Crippen LogP contribution is 2.29. The van der Waals surface area contributed by atoms with Gasteiger partial charge in [0.15, 0.2) is 0 Å². The molecule has 2 aromatic carbocycles. The molecule has 3 aromatic rings. The third-order valence-corrected chi connectivity index (χ3v) is 4.40. The van der Waals surface area contributed by atoms with Gasteiger partial charge in [-0.3, -0.25) is 10.1 Å². The van der Waals surface area contributed by atoms with Crippen LogP contribution in [0.4, 0.5) is 16.2 Å². The lowest BCUT2D eigenvalue weighted by Gasteiger charge is -2.16. The number of amides is 1. The maximum Gasteiger partial charge on any atom is 0.409 e. The molecule has 7 nitrogen and oxygen atoms in total. The molecule has 1 amide bonds. The first kappa shape index (κ1) is 18.6. The third kappa shape index (κ3) is 4.15. The van der Waals surface area contributed by atoms with Crippen molar-refractivity contribution in [1.29, 1.82) is 0 Å². The Hall–Kier alpha value is -3.19. The summed E-state index contributed by atoms with van der Waals surface area (Å²) >= 11 is 6.18. The minimum absolute atomic E-state index is 0.230. The number of benzene rings is 2. The monoisotopic (exact) mass is 387 g/mol. The number of carbonyl (C=O) groups is 1. The minimum atomic E-state index is -1.14. The van der Waals surface area contributed by atoms with Crippen LogP contribution in [0.5, 0.6) is 5.75 Å². The highest BCUT2D eigenvalue weighted by Gasteiger charge is 2.13. The van der Waals surface area contributed by atoms with Crippen LogP contribution in [-0.4, -0.2) is 23.3 Å². The number of pyridine rings is 1. The highest BCUT2D eigenvalue weighted by molar-refractivity contribution is 6.32. The number of aromatic nitrogens is 1. The molecule has 0 spiro atoms. The Morgan fingerprint density at radius 2 is 1.96 bits per heavy atom. The maximum atomic E-state index is 12.5. The van der Waals surface area contributed by atoms with Gasteiger partial charge < -0.3 is 20.1 Å². The van der Waals surface area contributed by atoms with E-state index >= 15 is 0 Å². The van der Waals surface area contributed by atoms with E-state index in [-0.39, 0.29) is 11.6 Å². The normalized spacial score (nSPS) is 11.8. The van der Waals surface area contributed by atoms with Gasteiger partial charge in [-0.25, -0.2) is 4.79 Å². The standard InChI is InChI=1S/C19H18ClN3O4/c1-10(21-12-4-3-5-13(8-12)22-19(25)26)14-6-11-7-15(20)17(27-2)9-16(11)23-18(14)24/h3-10,21-22H,1-2H3,(H,23,24)(H,25,26)/t10-/m0/s1. The van der Waals surface area contributed by atoms with Crippen LogP contribution in [0, 0.1) is 0 Å². The number of hydrogen-bond donors (Lipinski definition) is 4. The van der Waals surface area contributed by atoms with E-state index in [9.17, 15) is 9.59 Å². The van der Waals surface area contributed by atoms with Crippen molar-refractivity contribution >= 4 is 40.0 Å². The number of anilines is 2. The van der Waals surface area contributed by atoms with Crippen molar-refractivity contribution in [3.05, 3.63) is 63.4 Å². The molecule has 4 N–H and O–H groups in total. The van der Waals surface area contributed by atoms with Crippen LogP contribution in [-0.2, 0) is 0 Å². The van der Waals surface area contributed by atoms with Crippen molar-refractivity contribution in [3.8, 4) is 5.75 Å². The molecule has 8 heteroatoms. The maximum absolute atomic E-state index is 12.5. The first-order valence-corrected chi connectivity index (χ1v) is 8.52. The van der Waals surface area contributed by atoms with Crippen molar-refractivity contribution in [1.82, 2.24) is 4.98 Å². The Bertz CT molecular complexity index is 1060. The number of nitrogens with one attached hydrogen (secondary N) is 3. The first-order chi connectivity index (χ1) is 12.9. The summed E-state index contributed by atoms with van der Waals surface area (Å²) in [4.78, 5) is 26.1. The molecule has 3 rings (SSSR count). The lowest BCUT2D eigenvalue weighted by atomic mass is 10.1. The Morgan fingerprint density at radius 1 is 1.22 bits per heavy atom. The van der Waals surface area contributed by atoms with E-state index in [0.29, 0.717) is 33.2 Å². The Morgan fingerprint density at radius 3 is 2.67 bits per heavy atom. The summed E-state index contributed by atoms with van der Waals surface area (Å²) in [5.41, 5.74) is 2.05. The van der Waals surface area contributed by atoms with Crippen LogP contribution in [0.1, 0.15) is 18.5 Å². The second-order valence-electron chi connectivity index (χ2n) is 6.00. The zero-order chi connectivity index (χ0) is 19.6. The summed E-state index contributed by atoms with van der Waals surface area (Å²) < 4.78 is 5.17. The summed E-state index contributed by atoms with van der Waals surface area (Å²) in [6, 6.07) is 11.7. The predicted molar refractivity (Wildman–Crippen MR) is 106 cm³/mol. The van der Waals surface area contributed by atoms with Gasteiger partial charge in [-0.15, -0.1) is 0 Å². The molecule has 0 aliphatic carbocycles. The number of H-pyrrole nitrogens is 1. The summed E-state index contributed by atoms with van der Waals surface area (Å²) in [7, 11) is 1.51. The quantitative estimate of drug-likeness (QED) is 0.517. The van der Waals surface area contributed by atoms with Gasteiger partial charge in [-0.05, 0) is 37.3 Å². The van der Waals surface area contributed by atoms with Crippen LogP contribution in [0.2, 0.25) is 5.02 Å². The Kier molecular flexibility index (Phi) is 5.23. The van der Waals surface area contributed by atoms with Crippen LogP contribution in [0.15, 0.2) is 47.3 Å². The fraction of sp³-hybridized carbons (Fsp3) is 0.158. The van der Waals surface area contributed by atoms with Crippen molar-refractivity contribution < 1.29 is 14.6 Å². The highest BCUT2D eigenvalue weighted by atomic mass is 35.5. The van der Waals surface area contributed by atoms with Crippen LogP contribution < -0.4 is 20.9 Å². The summed E-state index contributed by atoms with van der Waals surface area (Å²) in [5.74, 6) is 0.487.